The Morgan fingerprint density at radius 2 is 1.61 bits per heavy atom. The third-order valence-corrected chi connectivity index (χ3v) is 8.18. The Morgan fingerprint density at radius 1 is 0.968 bits per heavy atom. The first-order valence-electron chi connectivity index (χ1n) is 11.2. The summed E-state index contributed by atoms with van der Waals surface area (Å²) in [5, 5.41) is 2.98. The Labute approximate surface area is 185 Å². The number of benzene rings is 1. The lowest BCUT2D eigenvalue weighted by Gasteiger charge is -2.27. The van der Waals surface area contributed by atoms with Gasteiger partial charge in [0.1, 0.15) is 10.6 Å². The summed E-state index contributed by atoms with van der Waals surface area (Å²) in [4.78, 5) is 15.5. The number of nitrogens with zero attached hydrogens (tertiary/aromatic N) is 3. The number of nitrogens with one attached hydrogen (secondary N) is 1. The third kappa shape index (κ3) is 5.02. The number of amides is 1. The summed E-state index contributed by atoms with van der Waals surface area (Å²) in [6.07, 6.45) is 7.10. The minimum absolute atomic E-state index is 0.188. The highest BCUT2D eigenvalue weighted by molar-refractivity contribution is 7.89. The average molecular weight is 445 g/mol. The number of likely N-dealkylation sites (tertiary alicyclic amines) is 1. The van der Waals surface area contributed by atoms with Crippen LogP contribution in [0.5, 0.6) is 0 Å². The Hall–Kier alpha value is -2.16. The summed E-state index contributed by atoms with van der Waals surface area (Å²) in [5.74, 6) is -0.266. The van der Waals surface area contributed by atoms with Crippen LogP contribution in [-0.4, -0.2) is 54.3 Å². The van der Waals surface area contributed by atoms with E-state index in [0.29, 0.717) is 25.3 Å². The second kappa shape index (κ2) is 9.54. The second-order valence-electron chi connectivity index (χ2n) is 8.57. The molecule has 1 aromatic carbocycles. The average Bonchev–Trinajstić information content (AvgIpc) is 3.44. The molecule has 0 bridgehead atoms. The van der Waals surface area contributed by atoms with E-state index in [1.54, 1.807) is 11.6 Å². The van der Waals surface area contributed by atoms with Crippen LogP contribution >= 0.6 is 0 Å². The fourth-order valence-electron chi connectivity index (χ4n) is 4.49. The first kappa shape index (κ1) is 22.0. The number of hydrogen-bond donors (Lipinski definition) is 1. The fourth-order valence-corrected chi connectivity index (χ4v) is 6.08. The van der Waals surface area contributed by atoms with Crippen molar-refractivity contribution in [1.29, 1.82) is 0 Å². The molecule has 3 heterocycles. The van der Waals surface area contributed by atoms with Crippen molar-refractivity contribution in [3.05, 3.63) is 53.3 Å². The summed E-state index contributed by atoms with van der Waals surface area (Å²) in [6.45, 7) is 4.66. The number of carbonyl (C=O) groups is 1. The summed E-state index contributed by atoms with van der Waals surface area (Å²) in [5.41, 5.74) is 2.68. The van der Waals surface area contributed by atoms with E-state index in [2.05, 4.69) is 16.3 Å². The molecule has 2 saturated heterocycles. The molecule has 2 aliphatic heterocycles. The first-order valence-corrected chi connectivity index (χ1v) is 12.6. The lowest BCUT2D eigenvalue weighted by molar-refractivity contribution is 0.0942. The smallest absolute Gasteiger partial charge is 0.268 e. The van der Waals surface area contributed by atoms with Gasteiger partial charge < -0.3 is 9.88 Å². The lowest BCUT2D eigenvalue weighted by Crippen LogP contribution is -2.30. The van der Waals surface area contributed by atoms with E-state index in [4.69, 9.17) is 0 Å². The van der Waals surface area contributed by atoms with Gasteiger partial charge in [-0.3, -0.25) is 9.69 Å². The van der Waals surface area contributed by atoms with Crippen LogP contribution in [0, 0.1) is 0 Å². The molecule has 0 unspecified atom stereocenters. The standard InChI is InChI=1S/C23H32N4O3S/c1-25-18-21(31(29,30)27-13-7-8-14-27)15-22(25)23(28)24-16-19-9-3-4-10-20(19)17-26-11-5-2-6-12-26/h3-4,9-10,15,18H,2,5-8,11-14,16-17H2,1H3,(H,24,28). The van der Waals surface area contributed by atoms with Crippen molar-refractivity contribution in [3.8, 4) is 0 Å². The summed E-state index contributed by atoms with van der Waals surface area (Å²) in [6, 6.07) is 9.69. The number of aromatic nitrogens is 1. The van der Waals surface area contributed by atoms with Gasteiger partial charge in [0.05, 0.1) is 0 Å². The number of hydrogen-bond acceptors (Lipinski definition) is 4. The van der Waals surface area contributed by atoms with Crippen molar-refractivity contribution in [2.45, 2.75) is 50.1 Å². The van der Waals surface area contributed by atoms with Gasteiger partial charge in [0.25, 0.3) is 5.91 Å². The van der Waals surface area contributed by atoms with Crippen LogP contribution in [0.15, 0.2) is 41.4 Å². The molecule has 0 aliphatic carbocycles. The van der Waals surface area contributed by atoms with Crippen LogP contribution in [0.2, 0.25) is 0 Å². The molecule has 31 heavy (non-hydrogen) atoms. The summed E-state index contributed by atoms with van der Waals surface area (Å²) in [7, 11) is -1.83. The van der Waals surface area contributed by atoms with Gasteiger partial charge in [0.2, 0.25) is 10.0 Å². The molecule has 168 valence electrons. The van der Waals surface area contributed by atoms with Crippen molar-refractivity contribution in [3.63, 3.8) is 0 Å². The van der Waals surface area contributed by atoms with E-state index >= 15 is 0 Å². The number of sulfonamides is 1. The van der Waals surface area contributed by atoms with Crippen molar-refractivity contribution >= 4 is 15.9 Å². The summed E-state index contributed by atoms with van der Waals surface area (Å²) >= 11 is 0. The maximum Gasteiger partial charge on any atom is 0.268 e. The molecule has 8 heteroatoms. The number of piperidine rings is 1. The molecule has 0 radical (unpaired) electrons. The highest BCUT2D eigenvalue weighted by Crippen LogP contribution is 2.23. The van der Waals surface area contributed by atoms with Crippen LogP contribution in [0.25, 0.3) is 0 Å². The zero-order valence-electron chi connectivity index (χ0n) is 18.2. The quantitative estimate of drug-likeness (QED) is 0.713. The molecule has 1 amide bonds. The monoisotopic (exact) mass is 444 g/mol. The molecule has 1 aromatic heterocycles. The van der Waals surface area contributed by atoms with Gasteiger partial charge in [0, 0.05) is 39.4 Å². The Kier molecular flexibility index (Phi) is 6.79. The van der Waals surface area contributed by atoms with Gasteiger partial charge in [-0.2, -0.15) is 4.31 Å². The van der Waals surface area contributed by atoms with E-state index in [1.165, 1.54) is 41.4 Å². The molecule has 2 aromatic rings. The molecule has 2 fully saturated rings. The molecule has 7 nitrogen and oxygen atoms in total. The Morgan fingerprint density at radius 3 is 2.32 bits per heavy atom. The van der Waals surface area contributed by atoms with Gasteiger partial charge in [-0.25, -0.2) is 8.42 Å². The van der Waals surface area contributed by atoms with Crippen molar-refractivity contribution in [1.82, 2.24) is 19.1 Å². The Balaban J connectivity index is 1.43. The first-order chi connectivity index (χ1) is 14.9. The van der Waals surface area contributed by atoms with E-state index in [-0.39, 0.29) is 10.8 Å². The normalized spacial score (nSPS) is 18.4. The van der Waals surface area contributed by atoms with Gasteiger partial charge in [-0.05, 0) is 56.0 Å². The van der Waals surface area contributed by atoms with Crippen molar-refractivity contribution < 1.29 is 13.2 Å². The minimum Gasteiger partial charge on any atom is -0.347 e. The van der Waals surface area contributed by atoms with Crippen LogP contribution < -0.4 is 5.32 Å². The van der Waals surface area contributed by atoms with Gasteiger partial charge >= 0.3 is 0 Å². The molecule has 0 saturated carbocycles. The molecular formula is C23H32N4O3S. The van der Waals surface area contributed by atoms with Crippen LogP contribution in [0.4, 0.5) is 0 Å². The van der Waals surface area contributed by atoms with Crippen molar-refractivity contribution in [2.24, 2.45) is 7.05 Å². The third-order valence-electron chi connectivity index (χ3n) is 6.32. The Bertz CT molecular complexity index is 1020. The molecule has 4 rings (SSSR count). The van der Waals surface area contributed by atoms with Crippen LogP contribution in [0.3, 0.4) is 0 Å². The highest BCUT2D eigenvalue weighted by Gasteiger charge is 2.29. The SMILES string of the molecule is Cn1cc(S(=O)(=O)N2CCCC2)cc1C(=O)NCc1ccccc1CN1CCCCC1. The van der Waals surface area contributed by atoms with Crippen LogP contribution in [-0.2, 0) is 30.2 Å². The van der Waals surface area contributed by atoms with E-state index < -0.39 is 10.0 Å². The van der Waals surface area contributed by atoms with Crippen LogP contribution in [0.1, 0.15) is 53.7 Å². The van der Waals surface area contributed by atoms with Crippen molar-refractivity contribution in [2.75, 3.05) is 26.2 Å². The zero-order valence-corrected chi connectivity index (χ0v) is 19.0. The topological polar surface area (TPSA) is 74.6 Å². The molecule has 2 aliphatic rings. The second-order valence-corrected chi connectivity index (χ2v) is 10.5. The van der Waals surface area contributed by atoms with Gasteiger partial charge in [-0.15, -0.1) is 0 Å². The zero-order chi connectivity index (χ0) is 21.8. The molecule has 0 atom stereocenters. The molecule has 0 spiro atoms. The highest BCUT2D eigenvalue weighted by atomic mass is 32.2. The largest absolute Gasteiger partial charge is 0.347 e. The van der Waals surface area contributed by atoms with E-state index in [0.717, 1.165) is 38.0 Å². The maximum absolute atomic E-state index is 12.9. The predicted molar refractivity (Wildman–Crippen MR) is 120 cm³/mol. The van der Waals surface area contributed by atoms with E-state index in [1.807, 2.05) is 18.2 Å². The predicted octanol–water partition coefficient (Wildman–Crippen LogP) is 2.73. The molecular weight excluding hydrogens is 412 g/mol. The fraction of sp³-hybridized carbons (Fsp3) is 0.522. The minimum atomic E-state index is -3.54. The van der Waals surface area contributed by atoms with Gasteiger partial charge in [0.15, 0.2) is 0 Å². The number of carbonyl (C=O) groups excluding carboxylic acids is 1. The summed E-state index contributed by atoms with van der Waals surface area (Å²) < 4.78 is 28.7. The lowest BCUT2D eigenvalue weighted by atomic mass is 10.0. The maximum atomic E-state index is 12.9. The number of aryl methyl sites for hydroxylation is 1. The van der Waals surface area contributed by atoms with Gasteiger partial charge in [-0.1, -0.05) is 30.7 Å². The van der Waals surface area contributed by atoms with E-state index in [9.17, 15) is 13.2 Å². The molecule has 1 N–H and O–H groups in total. The number of rotatable bonds is 7.